The molecule has 0 saturated heterocycles. The largest absolute Gasteiger partial charge is 0.368 e. The average Bonchev–Trinajstić information content (AvgIpc) is 3.26. The van der Waals surface area contributed by atoms with Crippen LogP contribution in [0.15, 0.2) is 18.2 Å². The van der Waals surface area contributed by atoms with Crippen LogP contribution in [0.4, 0.5) is 5.69 Å². The first-order valence-electron chi connectivity index (χ1n) is 8.04. The molecule has 0 radical (unpaired) electrons. The molecule has 21 heavy (non-hydrogen) atoms. The van der Waals surface area contributed by atoms with Gasteiger partial charge in [-0.05, 0) is 50.3 Å². The third kappa shape index (κ3) is 4.47. The minimum Gasteiger partial charge on any atom is -0.368 e. The van der Waals surface area contributed by atoms with Crippen molar-refractivity contribution >= 4 is 5.69 Å². The molecule has 0 amide bonds. The predicted molar refractivity (Wildman–Crippen MR) is 88.3 cm³/mol. The second-order valence-corrected chi connectivity index (χ2v) is 6.69. The minimum absolute atomic E-state index is 0.428. The van der Waals surface area contributed by atoms with E-state index in [4.69, 9.17) is 0 Å². The SMILES string of the molecule is CC(C)NCc1ccc(N(CC2CC2)C(C)C)c(C#N)c1. The van der Waals surface area contributed by atoms with Crippen LogP contribution in [0.25, 0.3) is 0 Å². The molecule has 0 bridgehead atoms. The van der Waals surface area contributed by atoms with Crippen molar-refractivity contribution in [2.24, 2.45) is 5.92 Å². The molecule has 1 fully saturated rings. The van der Waals surface area contributed by atoms with Crippen molar-refractivity contribution < 1.29 is 0 Å². The van der Waals surface area contributed by atoms with Gasteiger partial charge >= 0.3 is 0 Å². The van der Waals surface area contributed by atoms with Crippen molar-refractivity contribution in [1.82, 2.24) is 5.32 Å². The molecule has 114 valence electrons. The molecule has 0 heterocycles. The summed E-state index contributed by atoms with van der Waals surface area (Å²) in [5.41, 5.74) is 3.07. The number of hydrogen-bond donors (Lipinski definition) is 1. The van der Waals surface area contributed by atoms with Crippen molar-refractivity contribution in [1.29, 1.82) is 5.26 Å². The summed E-state index contributed by atoms with van der Waals surface area (Å²) in [7, 11) is 0. The van der Waals surface area contributed by atoms with E-state index in [0.717, 1.165) is 30.3 Å². The van der Waals surface area contributed by atoms with E-state index in [1.165, 1.54) is 18.4 Å². The molecule has 1 aromatic rings. The number of anilines is 1. The van der Waals surface area contributed by atoms with Crippen LogP contribution in [0.5, 0.6) is 0 Å². The van der Waals surface area contributed by atoms with Crippen molar-refractivity contribution in [3.05, 3.63) is 29.3 Å². The van der Waals surface area contributed by atoms with Crippen LogP contribution in [0.3, 0.4) is 0 Å². The van der Waals surface area contributed by atoms with E-state index in [9.17, 15) is 5.26 Å². The molecule has 1 aliphatic rings. The Morgan fingerprint density at radius 2 is 2.00 bits per heavy atom. The zero-order valence-corrected chi connectivity index (χ0v) is 13.7. The number of hydrogen-bond acceptors (Lipinski definition) is 3. The summed E-state index contributed by atoms with van der Waals surface area (Å²) in [6, 6.07) is 9.57. The highest BCUT2D eigenvalue weighted by molar-refractivity contribution is 5.61. The number of rotatable bonds is 7. The van der Waals surface area contributed by atoms with E-state index in [1.54, 1.807) is 0 Å². The molecule has 1 aliphatic carbocycles. The fraction of sp³-hybridized carbons (Fsp3) is 0.611. The molecule has 3 heteroatoms. The molecule has 2 rings (SSSR count). The number of nitrogens with zero attached hydrogens (tertiary/aromatic N) is 2. The first-order valence-corrected chi connectivity index (χ1v) is 8.04. The lowest BCUT2D eigenvalue weighted by Gasteiger charge is -2.30. The third-order valence-corrected chi connectivity index (χ3v) is 3.98. The van der Waals surface area contributed by atoms with Gasteiger partial charge < -0.3 is 10.2 Å². The van der Waals surface area contributed by atoms with Gasteiger partial charge in [-0.3, -0.25) is 0 Å². The van der Waals surface area contributed by atoms with Gasteiger partial charge in [0.25, 0.3) is 0 Å². The lowest BCUT2D eigenvalue weighted by Crippen LogP contribution is -2.33. The van der Waals surface area contributed by atoms with Crippen LogP contribution in [0.2, 0.25) is 0 Å². The van der Waals surface area contributed by atoms with Crippen LogP contribution in [-0.2, 0) is 6.54 Å². The van der Waals surface area contributed by atoms with Gasteiger partial charge in [0.15, 0.2) is 0 Å². The van der Waals surface area contributed by atoms with Gasteiger partial charge in [0.2, 0.25) is 0 Å². The van der Waals surface area contributed by atoms with Crippen LogP contribution in [0.1, 0.15) is 51.7 Å². The van der Waals surface area contributed by atoms with E-state index < -0.39 is 0 Å². The summed E-state index contributed by atoms with van der Waals surface area (Å²) in [5.74, 6) is 0.821. The highest BCUT2D eigenvalue weighted by atomic mass is 15.2. The molecule has 1 saturated carbocycles. The predicted octanol–water partition coefficient (Wildman–Crippen LogP) is 3.68. The summed E-state index contributed by atoms with van der Waals surface area (Å²) >= 11 is 0. The second kappa shape index (κ2) is 6.95. The zero-order valence-electron chi connectivity index (χ0n) is 13.7. The Hall–Kier alpha value is -1.53. The molecule has 1 aromatic carbocycles. The Kier molecular flexibility index (Phi) is 5.25. The molecule has 0 unspecified atom stereocenters. The number of benzene rings is 1. The van der Waals surface area contributed by atoms with E-state index in [1.807, 2.05) is 6.07 Å². The highest BCUT2D eigenvalue weighted by Crippen LogP contribution is 2.33. The summed E-state index contributed by atoms with van der Waals surface area (Å²) in [6.07, 6.45) is 2.67. The second-order valence-electron chi connectivity index (χ2n) is 6.69. The fourth-order valence-corrected chi connectivity index (χ4v) is 2.52. The van der Waals surface area contributed by atoms with E-state index >= 15 is 0 Å². The minimum atomic E-state index is 0.428. The summed E-state index contributed by atoms with van der Waals surface area (Å²) in [5, 5.41) is 12.9. The van der Waals surface area contributed by atoms with Crippen LogP contribution >= 0.6 is 0 Å². The molecular formula is C18H27N3. The Balaban J connectivity index is 2.19. The van der Waals surface area contributed by atoms with Crippen LogP contribution < -0.4 is 10.2 Å². The summed E-state index contributed by atoms with van der Waals surface area (Å²) in [6.45, 7) is 10.6. The van der Waals surface area contributed by atoms with Gasteiger partial charge in [-0.15, -0.1) is 0 Å². The van der Waals surface area contributed by atoms with Gasteiger partial charge in [-0.2, -0.15) is 5.26 Å². The lowest BCUT2D eigenvalue weighted by molar-refractivity contribution is 0.588. The first kappa shape index (κ1) is 15.9. The smallest absolute Gasteiger partial charge is 0.101 e. The molecule has 0 aromatic heterocycles. The highest BCUT2D eigenvalue weighted by Gasteiger charge is 2.26. The molecule has 3 nitrogen and oxygen atoms in total. The standard InChI is InChI=1S/C18H27N3/c1-13(2)20-11-16-7-8-18(17(9-16)10-19)21(14(3)4)12-15-5-6-15/h7-9,13-15,20H,5-6,11-12H2,1-4H3. The van der Waals surface area contributed by atoms with E-state index in [2.05, 4.69) is 56.1 Å². The van der Waals surface area contributed by atoms with Gasteiger partial charge in [0.05, 0.1) is 11.3 Å². The van der Waals surface area contributed by atoms with Crippen LogP contribution in [-0.4, -0.2) is 18.6 Å². The number of nitrogens with one attached hydrogen (secondary N) is 1. The van der Waals surface area contributed by atoms with Gasteiger partial charge in [-0.25, -0.2) is 0 Å². The monoisotopic (exact) mass is 285 g/mol. The normalized spacial score (nSPS) is 14.5. The zero-order chi connectivity index (χ0) is 15.4. The Labute approximate surface area is 129 Å². The molecule has 0 aliphatic heterocycles. The van der Waals surface area contributed by atoms with E-state index in [0.29, 0.717) is 12.1 Å². The van der Waals surface area contributed by atoms with E-state index in [-0.39, 0.29) is 0 Å². The summed E-state index contributed by atoms with van der Waals surface area (Å²) in [4.78, 5) is 2.38. The lowest BCUT2D eigenvalue weighted by atomic mass is 10.1. The molecule has 0 atom stereocenters. The van der Waals surface area contributed by atoms with Crippen molar-refractivity contribution in [3.8, 4) is 6.07 Å². The Morgan fingerprint density at radius 3 is 2.52 bits per heavy atom. The summed E-state index contributed by atoms with van der Waals surface area (Å²) < 4.78 is 0. The number of nitriles is 1. The Morgan fingerprint density at radius 1 is 1.29 bits per heavy atom. The van der Waals surface area contributed by atoms with Crippen molar-refractivity contribution in [2.45, 2.75) is 59.2 Å². The van der Waals surface area contributed by atoms with Crippen LogP contribution in [0, 0.1) is 17.2 Å². The van der Waals surface area contributed by atoms with Crippen molar-refractivity contribution in [2.75, 3.05) is 11.4 Å². The average molecular weight is 285 g/mol. The van der Waals surface area contributed by atoms with Gasteiger partial charge in [0.1, 0.15) is 6.07 Å². The Bertz CT molecular complexity index is 510. The molecule has 0 spiro atoms. The van der Waals surface area contributed by atoms with Gasteiger partial charge in [0, 0.05) is 25.2 Å². The first-order chi connectivity index (χ1) is 10.0. The fourth-order valence-electron chi connectivity index (χ4n) is 2.52. The molecule has 1 N–H and O–H groups in total. The quantitative estimate of drug-likeness (QED) is 0.830. The molecular weight excluding hydrogens is 258 g/mol. The maximum absolute atomic E-state index is 9.50. The maximum atomic E-state index is 9.50. The topological polar surface area (TPSA) is 39.1 Å². The maximum Gasteiger partial charge on any atom is 0.101 e. The van der Waals surface area contributed by atoms with Crippen molar-refractivity contribution in [3.63, 3.8) is 0 Å². The third-order valence-electron chi connectivity index (χ3n) is 3.98. The van der Waals surface area contributed by atoms with Gasteiger partial charge in [-0.1, -0.05) is 19.9 Å².